The topological polar surface area (TPSA) is 72.2 Å². The zero-order valence-corrected chi connectivity index (χ0v) is 17.9. The average molecular weight is 398 g/mol. The second-order valence-electron chi connectivity index (χ2n) is 8.74. The van der Waals surface area contributed by atoms with Crippen LogP contribution in [0, 0.1) is 20.8 Å². The zero-order valence-electron chi connectivity index (χ0n) is 17.9. The highest BCUT2D eigenvalue weighted by Crippen LogP contribution is 2.37. The Morgan fingerprint density at radius 1 is 1.10 bits per heavy atom. The fourth-order valence-electron chi connectivity index (χ4n) is 4.56. The Morgan fingerprint density at radius 2 is 1.72 bits per heavy atom. The number of carbonyl (C=O) groups excluding carboxylic acids is 1. The number of likely N-dealkylation sites (tertiary alicyclic amines) is 1. The fraction of sp³-hybridized carbons (Fsp3) is 0.591. The quantitative estimate of drug-likeness (QED) is 0.842. The number of anilines is 1. The lowest BCUT2D eigenvalue weighted by Crippen LogP contribution is -2.39. The smallest absolute Gasteiger partial charge is 0.324 e. The maximum atomic E-state index is 12.6. The maximum Gasteiger partial charge on any atom is 0.345 e. The Bertz CT molecular complexity index is 955. The number of carbonyl (C=O) groups is 1. The van der Waals surface area contributed by atoms with Gasteiger partial charge in [-0.3, -0.25) is 14.3 Å². The van der Waals surface area contributed by atoms with Crippen molar-refractivity contribution in [2.45, 2.75) is 58.4 Å². The summed E-state index contributed by atoms with van der Waals surface area (Å²) >= 11 is 0. The number of rotatable bonds is 5. The van der Waals surface area contributed by atoms with Gasteiger partial charge in [0.2, 0.25) is 5.91 Å². The van der Waals surface area contributed by atoms with Crippen molar-refractivity contribution in [3.05, 3.63) is 45.1 Å². The summed E-state index contributed by atoms with van der Waals surface area (Å²) in [5.74, 6) is 1.27. The van der Waals surface area contributed by atoms with E-state index in [0.29, 0.717) is 18.5 Å². The molecule has 2 fully saturated rings. The predicted octanol–water partition coefficient (Wildman–Crippen LogP) is 2.66. The molecule has 0 spiro atoms. The summed E-state index contributed by atoms with van der Waals surface area (Å²) in [6.45, 7) is 8.23. The molecule has 29 heavy (non-hydrogen) atoms. The van der Waals surface area contributed by atoms with E-state index in [0.717, 1.165) is 61.4 Å². The molecular weight excluding hydrogens is 366 g/mol. The molecule has 1 saturated heterocycles. The van der Waals surface area contributed by atoms with Crippen molar-refractivity contribution in [1.29, 1.82) is 0 Å². The number of benzene rings is 1. The Kier molecular flexibility index (Phi) is 5.34. The number of hydrogen-bond acceptors (Lipinski definition) is 4. The average Bonchev–Trinajstić information content (AvgIpc) is 3.45. The zero-order chi connectivity index (χ0) is 20.7. The predicted molar refractivity (Wildman–Crippen MR) is 113 cm³/mol. The largest absolute Gasteiger partial charge is 0.345 e. The molecule has 1 amide bonds. The molecule has 0 unspecified atom stereocenters. The minimum absolute atomic E-state index is 0.00754. The van der Waals surface area contributed by atoms with E-state index in [1.165, 1.54) is 10.2 Å². The monoisotopic (exact) mass is 397 g/mol. The molecule has 1 aliphatic heterocycles. The SMILES string of the molecule is Cc1cc(C)c(NC(=O)CN2CCC(c3nn(C)c(=O)n3C3CC3)CC2)c(C)c1. The summed E-state index contributed by atoms with van der Waals surface area (Å²) in [7, 11) is 1.74. The molecule has 1 saturated carbocycles. The van der Waals surface area contributed by atoms with Gasteiger partial charge in [0.25, 0.3) is 0 Å². The minimum atomic E-state index is 0.00754. The van der Waals surface area contributed by atoms with Crippen LogP contribution in [0.3, 0.4) is 0 Å². The molecule has 7 nitrogen and oxygen atoms in total. The number of aromatic nitrogens is 3. The number of nitrogens with one attached hydrogen (secondary N) is 1. The van der Waals surface area contributed by atoms with Gasteiger partial charge in [-0.1, -0.05) is 17.7 Å². The van der Waals surface area contributed by atoms with E-state index in [-0.39, 0.29) is 11.6 Å². The van der Waals surface area contributed by atoms with Crippen molar-refractivity contribution in [1.82, 2.24) is 19.2 Å². The molecule has 2 aliphatic rings. The summed E-state index contributed by atoms with van der Waals surface area (Å²) in [5, 5.41) is 7.63. The number of hydrogen-bond donors (Lipinski definition) is 1. The second-order valence-corrected chi connectivity index (χ2v) is 8.74. The molecule has 4 rings (SSSR count). The van der Waals surface area contributed by atoms with Crippen LogP contribution < -0.4 is 11.0 Å². The third kappa shape index (κ3) is 4.15. The van der Waals surface area contributed by atoms with Gasteiger partial charge in [0.15, 0.2) is 0 Å². The highest BCUT2D eigenvalue weighted by molar-refractivity contribution is 5.93. The molecule has 2 aromatic rings. The van der Waals surface area contributed by atoms with Crippen LogP contribution in [0.2, 0.25) is 0 Å². The molecule has 156 valence electrons. The van der Waals surface area contributed by atoms with Crippen molar-refractivity contribution in [3.8, 4) is 0 Å². The van der Waals surface area contributed by atoms with Gasteiger partial charge in [0.1, 0.15) is 5.82 Å². The Hall–Kier alpha value is -2.41. The van der Waals surface area contributed by atoms with E-state index in [1.807, 2.05) is 18.4 Å². The van der Waals surface area contributed by atoms with Crippen molar-refractivity contribution < 1.29 is 4.79 Å². The van der Waals surface area contributed by atoms with Gasteiger partial charge in [-0.25, -0.2) is 9.48 Å². The summed E-state index contributed by atoms with van der Waals surface area (Å²) in [5.41, 5.74) is 4.34. The molecular formula is C22H31N5O2. The lowest BCUT2D eigenvalue weighted by atomic mass is 9.96. The van der Waals surface area contributed by atoms with Crippen LogP contribution in [0.25, 0.3) is 0 Å². The molecule has 1 aliphatic carbocycles. The number of nitrogens with zero attached hydrogens (tertiary/aromatic N) is 4. The van der Waals surface area contributed by atoms with E-state index in [1.54, 1.807) is 7.05 Å². The first kappa shape index (κ1) is 19.9. The van der Waals surface area contributed by atoms with Crippen LogP contribution in [0.1, 0.15) is 60.2 Å². The van der Waals surface area contributed by atoms with Crippen molar-refractivity contribution >= 4 is 11.6 Å². The van der Waals surface area contributed by atoms with Gasteiger partial charge in [-0.05, 0) is 70.7 Å². The second kappa shape index (κ2) is 7.78. The Balaban J connectivity index is 1.35. The third-order valence-electron chi connectivity index (χ3n) is 6.16. The van der Waals surface area contributed by atoms with Gasteiger partial charge in [0, 0.05) is 24.7 Å². The van der Waals surface area contributed by atoms with Gasteiger partial charge in [-0.2, -0.15) is 5.10 Å². The van der Waals surface area contributed by atoms with Crippen LogP contribution in [0.5, 0.6) is 0 Å². The van der Waals surface area contributed by atoms with Crippen molar-refractivity contribution in [2.75, 3.05) is 25.0 Å². The third-order valence-corrected chi connectivity index (χ3v) is 6.16. The Morgan fingerprint density at radius 3 is 2.31 bits per heavy atom. The first-order chi connectivity index (χ1) is 13.8. The standard InChI is InChI=1S/C22H31N5O2/c1-14-11-15(2)20(16(3)12-14)23-19(28)13-26-9-7-17(8-10-26)21-24-25(4)22(29)27(21)18-5-6-18/h11-12,17-18H,5-10,13H2,1-4H3,(H,23,28). The highest BCUT2D eigenvalue weighted by atomic mass is 16.2. The highest BCUT2D eigenvalue weighted by Gasteiger charge is 2.33. The van der Waals surface area contributed by atoms with Gasteiger partial charge >= 0.3 is 5.69 Å². The van der Waals surface area contributed by atoms with Gasteiger partial charge < -0.3 is 5.32 Å². The van der Waals surface area contributed by atoms with Crippen LogP contribution in [-0.2, 0) is 11.8 Å². The minimum Gasteiger partial charge on any atom is -0.324 e. The van der Waals surface area contributed by atoms with E-state index in [4.69, 9.17) is 0 Å². The molecule has 1 aromatic heterocycles. The lowest BCUT2D eigenvalue weighted by Gasteiger charge is -2.31. The summed E-state index contributed by atoms with van der Waals surface area (Å²) in [6, 6.07) is 4.54. The molecule has 0 atom stereocenters. The van der Waals surface area contributed by atoms with Crippen molar-refractivity contribution in [2.24, 2.45) is 7.05 Å². The van der Waals surface area contributed by atoms with E-state index in [2.05, 4.69) is 34.4 Å². The van der Waals surface area contributed by atoms with Crippen LogP contribution >= 0.6 is 0 Å². The molecule has 1 N–H and O–H groups in total. The van der Waals surface area contributed by atoms with Crippen LogP contribution in [0.15, 0.2) is 16.9 Å². The lowest BCUT2D eigenvalue weighted by molar-refractivity contribution is -0.117. The summed E-state index contributed by atoms with van der Waals surface area (Å²) in [6.07, 6.45) is 4.02. The number of amides is 1. The van der Waals surface area contributed by atoms with Gasteiger partial charge in [-0.15, -0.1) is 0 Å². The molecule has 2 heterocycles. The normalized spacial score (nSPS) is 18.2. The number of piperidine rings is 1. The van der Waals surface area contributed by atoms with E-state index in [9.17, 15) is 9.59 Å². The summed E-state index contributed by atoms with van der Waals surface area (Å²) in [4.78, 5) is 27.2. The fourth-order valence-corrected chi connectivity index (χ4v) is 4.56. The van der Waals surface area contributed by atoms with Crippen LogP contribution in [0.4, 0.5) is 5.69 Å². The van der Waals surface area contributed by atoms with E-state index >= 15 is 0 Å². The first-order valence-electron chi connectivity index (χ1n) is 10.6. The first-order valence-corrected chi connectivity index (χ1v) is 10.6. The molecule has 1 aromatic carbocycles. The van der Waals surface area contributed by atoms with Crippen molar-refractivity contribution in [3.63, 3.8) is 0 Å². The molecule has 0 radical (unpaired) electrons. The summed E-state index contributed by atoms with van der Waals surface area (Å²) < 4.78 is 3.38. The Labute approximate surface area is 171 Å². The maximum absolute atomic E-state index is 12.6. The molecule has 0 bridgehead atoms. The van der Waals surface area contributed by atoms with Crippen LogP contribution in [-0.4, -0.2) is 44.8 Å². The number of aryl methyl sites for hydroxylation is 4. The molecule has 7 heteroatoms. The van der Waals surface area contributed by atoms with Gasteiger partial charge in [0.05, 0.1) is 6.54 Å². The van der Waals surface area contributed by atoms with E-state index < -0.39 is 0 Å².